The zero-order chi connectivity index (χ0) is 14.8. The highest BCUT2D eigenvalue weighted by Crippen LogP contribution is 2.26. The van der Waals surface area contributed by atoms with Gasteiger partial charge in [-0.1, -0.05) is 25.3 Å². The Morgan fingerprint density at radius 3 is 2.45 bits per heavy atom. The van der Waals surface area contributed by atoms with Gasteiger partial charge in [-0.15, -0.1) is 0 Å². The minimum absolute atomic E-state index is 0.0125. The number of hydrogen-bond donors (Lipinski definition) is 1. The SMILES string of the molecule is Cc1ccc(S(C)(=O)=O)cc1NC(=O)C1CCCCC1. The molecule has 1 saturated carbocycles. The average Bonchev–Trinajstić information content (AvgIpc) is 2.41. The molecule has 20 heavy (non-hydrogen) atoms. The molecule has 5 heteroatoms. The molecule has 0 aliphatic heterocycles. The van der Waals surface area contributed by atoms with Crippen molar-refractivity contribution >= 4 is 21.4 Å². The molecule has 1 amide bonds. The van der Waals surface area contributed by atoms with Crippen molar-refractivity contribution in [1.82, 2.24) is 0 Å². The molecule has 1 aliphatic carbocycles. The fourth-order valence-electron chi connectivity index (χ4n) is 2.57. The minimum Gasteiger partial charge on any atom is -0.326 e. The van der Waals surface area contributed by atoms with Crippen molar-refractivity contribution in [1.29, 1.82) is 0 Å². The number of rotatable bonds is 3. The number of anilines is 1. The molecule has 0 bridgehead atoms. The Hall–Kier alpha value is -1.36. The van der Waals surface area contributed by atoms with Crippen LogP contribution in [0.5, 0.6) is 0 Å². The van der Waals surface area contributed by atoms with Crippen molar-refractivity contribution < 1.29 is 13.2 Å². The van der Waals surface area contributed by atoms with Gasteiger partial charge in [0.15, 0.2) is 9.84 Å². The number of amides is 1. The van der Waals surface area contributed by atoms with Gasteiger partial charge < -0.3 is 5.32 Å². The van der Waals surface area contributed by atoms with Crippen LogP contribution in [-0.4, -0.2) is 20.6 Å². The number of nitrogens with one attached hydrogen (secondary N) is 1. The molecule has 0 aromatic heterocycles. The van der Waals surface area contributed by atoms with Gasteiger partial charge in [-0.3, -0.25) is 4.79 Å². The second kappa shape index (κ2) is 5.95. The number of hydrogen-bond acceptors (Lipinski definition) is 3. The summed E-state index contributed by atoms with van der Waals surface area (Å²) in [5, 5.41) is 2.89. The summed E-state index contributed by atoms with van der Waals surface area (Å²) in [4.78, 5) is 12.5. The van der Waals surface area contributed by atoms with E-state index in [4.69, 9.17) is 0 Å². The summed E-state index contributed by atoms with van der Waals surface area (Å²) in [7, 11) is -3.25. The molecule has 1 aliphatic rings. The molecular formula is C15H21NO3S. The number of carbonyl (C=O) groups excluding carboxylic acids is 1. The quantitative estimate of drug-likeness (QED) is 0.932. The molecule has 0 radical (unpaired) electrons. The number of aryl methyl sites for hydroxylation is 1. The maximum absolute atomic E-state index is 12.2. The van der Waals surface area contributed by atoms with E-state index >= 15 is 0 Å². The van der Waals surface area contributed by atoms with Gasteiger partial charge in [0.1, 0.15) is 0 Å². The van der Waals surface area contributed by atoms with Crippen LogP contribution in [0.15, 0.2) is 23.1 Å². The summed E-state index contributed by atoms with van der Waals surface area (Å²) in [5.74, 6) is 0.0727. The molecule has 0 heterocycles. The van der Waals surface area contributed by atoms with E-state index in [-0.39, 0.29) is 16.7 Å². The molecule has 4 nitrogen and oxygen atoms in total. The zero-order valence-electron chi connectivity index (χ0n) is 12.0. The predicted molar refractivity (Wildman–Crippen MR) is 79.5 cm³/mol. The summed E-state index contributed by atoms with van der Waals surface area (Å²) in [6.45, 7) is 1.86. The van der Waals surface area contributed by atoms with Crippen LogP contribution in [-0.2, 0) is 14.6 Å². The highest BCUT2D eigenvalue weighted by atomic mass is 32.2. The van der Waals surface area contributed by atoms with Gasteiger partial charge >= 0.3 is 0 Å². The molecule has 0 atom stereocenters. The van der Waals surface area contributed by atoms with E-state index in [0.717, 1.165) is 31.2 Å². The van der Waals surface area contributed by atoms with Gasteiger partial charge in [0, 0.05) is 17.9 Å². The molecular weight excluding hydrogens is 274 g/mol. The predicted octanol–water partition coefficient (Wildman–Crippen LogP) is 2.92. The fraction of sp³-hybridized carbons (Fsp3) is 0.533. The van der Waals surface area contributed by atoms with Gasteiger partial charge in [0.05, 0.1) is 4.90 Å². The van der Waals surface area contributed by atoms with Crippen LogP contribution in [0.1, 0.15) is 37.7 Å². The maximum Gasteiger partial charge on any atom is 0.227 e. The fourth-order valence-corrected chi connectivity index (χ4v) is 3.21. The van der Waals surface area contributed by atoms with Crippen LogP contribution in [0.2, 0.25) is 0 Å². The first-order chi connectivity index (χ1) is 9.38. The largest absolute Gasteiger partial charge is 0.326 e. The van der Waals surface area contributed by atoms with E-state index in [1.165, 1.54) is 12.7 Å². The van der Waals surface area contributed by atoms with E-state index in [1.807, 2.05) is 6.92 Å². The van der Waals surface area contributed by atoms with Gasteiger partial charge in [-0.2, -0.15) is 0 Å². The molecule has 2 rings (SSSR count). The Bertz CT molecular complexity index is 602. The zero-order valence-corrected chi connectivity index (χ0v) is 12.8. The van der Waals surface area contributed by atoms with E-state index in [1.54, 1.807) is 18.2 Å². The standard InChI is InChI=1S/C15H21NO3S/c1-11-8-9-13(20(2,18)19)10-14(11)16-15(17)12-6-4-3-5-7-12/h8-10,12H,3-7H2,1-2H3,(H,16,17). The lowest BCUT2D eigenvalue weighted by atomic mass is 9.88. The Balaban J connectivity index is 2.18. The van der Waals surface area contributed by atoms with Crippen molar-refractivity contribution in [2.75, 3.05) is 11.6 Å². The van der Waals surface area contributed by atoms with Crippen molar-refractivity contribution in [3.05, 3.63) is 23.8 Å². The second-order valence-corrected chi connectivity index (χ2v) is 7.59. The minimum atomic E-state index is -3.25. The summed E-state index contributed by atoms with van der Waals surface area (Å²) in [6.07, 6.45) is 6.42. The first-order valence-electron chi connectivity index (χ1n) is 6.99. The Kier molecular flexibility index (Phi) is 4.48. The molecule has 0 spiro atoms. The summed E-state index contributed by atoms with van der Waals surface area (Å²) < 4.78 is 23.1. The molecule has 1 N–H and O–H groups in total. The summed E-state index contributed by atoms with van der Waals surface area (Å²) >= 11 is 0. The van der Waals surface area contributed by atoms with Crippen LogP contribution in [0, 0.1) is 12.8 Å². The van der Waals surface area contributed by atoms with E-state index in [9.17, 15) is 13.2 Å². The van der Waals surface area contributed by atoms with Gasteiger partial charge in [-0.25, -0.2) is 8.42 Å². The van der Waals surface area contributed by atoms with Crippen molar-refractivity contribution in [2.45, 2.75) is 43.9 Å². The van der Waals surface area contributed by atoms with Gasteiger partial charge in [-0.05, 0) is 37.5 Å². The first kappa shape index (κ1) is 15.0. The van der Waals surface area contributed by atoms with Crippen molar-refractivity contribution in [3.8, 4) is 0 Å². The highest BCUT2D eigenvalue weighted by molar-refractivity contribution is 7.90. The number of sulfone groups is 1. The Morgan fingerprint density at radius 2 is 1.85 bits per heavy atom. The number of benzene rings is 1. The average molecular weight is 295 g/mol. The Labute approximate surface area is 120 Å². The van der Waals surface area contributed by atoms with E-state index in [0.29, 0.717) is 5.69 Å². The highest BCUT2D eigenvalue weighted by Gasteiger charge is 2.21. The van der Waals surface area contributed by atoms with Crippen LogP contribution >= 0.6 is 0 Å². The van der Waals surface area contributed by atoms with Crippen LogP contribution in [0.4, 0.5) is 5.69 Å². The molecule has 110 valence electrons. The smallest absolute Gasteiger partial charge is 0.227 e. The lowest BCUT2D eigenvalue weighted by Crippen LogP contribution is -2.25. The van der Waals surface area contributed by atoms with Gasteiger partial charge in [0.2, 0.25) is 5.91 Å². The molecule has 1 aromatic rings. The van der Waals surface area contributed by atoms with Crippen LogP contribution in [0.25, 0.3) is 0 Å². The van der Waals surface area contributed by atoms with Crippen molar-refractivity contribution in [3.63, 3.8) is 0 Å². The third-order valence-corrected chi connectivity index (χ3v) is 4.98. The third-order valence-electron chi connectivity index (χ3n) is 3.87. The lowest BCUT2D eigenvalue weighted by Gasteiger charge is -2.21. The topological polar surface area (TPSA) is 63.2 Å². The first-order valence-corrected chi connectivity index (χ1v) is 8.88. The van der Waals surface area contributed by atoms with E-state index in [2.05, 4.69) is 5.32 Å². The molecule has 0 saturated heterocycles. The maximum atomic E-state index is 12.2. The normalized spacial score (nSPS) is 16.9. The van der Waals surface area contributed by atoms with E-state index < -0.39 is 9.84 Å². The van der Waals surface area contributed by atoms with Crippen LogP contribution < -0.4 is 5.32 Å². The monoisotopic (exact) mass is 295 g/mol. The molecule has 0 unspecified atom stereocenters. The molecule has 1 fully saturated rings. The van der Waals surface area contributed by atoms with Crippen molar-refractivity contribution in [2.24, 2.45) is 5.92 Å². The summed E-state index contributed by atoms with van der Waals surface area (Å²) in [5.41, 5.74) is 1.48. The lowest BCUT2D eigenvalue weighted by molar-refractivity contribution is -0.120. The Morgan fingerprint density at radius 1 is 1.20 bits per heavy atom. The molecule has 1 aromatic carbocycles. The number of carbonyl (C=O) groups is 1. The summed E-state index contributed by atoms with van der Waals surface area (Å²) in [6, 6.07) is 4.85. The van der Waals surface area contributed by atoms with Crippen LogP contribution in [0.3, 0.4) is 0 Å². The van der Waals surface area contributed by atoms with Gasteiger partial charge in [0.25, 0.3) is 0 Å². The third kappa shape index (κ3) is 3.60. The second-order valence-electron chi connectivity index (χ2n) is 5.57.